The Balaban J connectivity index is 1.61. The number of thiophene rings is 2. The Morgan fingerprint density at radius 2 is 0.978 bits per heavy atom. The predicted octanol–water partition coefficient (Wildman–Crippen LogP) is 7.53. The number of hydrogen-bond donors (Lipinski definition) is 2. The second kappa shape index (κ2) is 12.6. The van der Waals surface area contributed by atoms with Crippen molar-refractivity contribution in [1.29, 1.82) is 0 Å². The zero-order valence-corrected chi connectivity index (χ0v) is 28.8. The Morgan fingerprint density at radius 3 is 1.26 bits per heavy atom. The van der Waals surface area contributed by atoms with Gasteiger partial charge >= 0.3 is 35.6 Å². The third kappa shape index (κ3) is 6.56. The minimum absolute atomic E-state index is 0.0944. The zero-order valence-electron chi connectivity index (χ0n) is 27.2. The first-order valence-corrected chi connectivity index (χ1v) is 16.6. The largest absolute Gasteiger partial charge is 0.465 e. The lowest BCUT2D eigenvalue weighted by Crippen LogP contribution is -2.56. The molecule has 2 N–H and O–H groups in total. The van der Waals surface area contributed by atoms with E-state index in [-0.39, 0.29) is 43.8 Å². The van der Waals surface area contributed by atoms with Crippen LogP contribution in [0.4, 0.5) is 27.6 Å². The predicted molar refractivity (Wildman–Crippen MR) is 168 cm³/mol. The molecule has 2 atom stereocenters. The first-order valence-electron chi connectivity index (χ1n) is 15.0. The summed E-state index contributed by atoms with van der Waals surface area (Å²) in [4.78, 5) is 52.3. The topological polar surface area (TPSA) is 111 Å². The van der Waals surface area contributed by atoms with Gasteiger partial charge in [0.2, 0.25) is 0 Å². The van der Waals surface area contributed by atoms with Crippen LogP contribution >= 0.6 is 22.7 Å². The number of alkyl halides is 4. The van der Waals surface area contributed by atoms with E-state index in [2.05, 4.69) is 41.5 Å². The Bertz CT molecular complexity index is 1440. The van der Waals surface area contributed by atoms with Crippen LogP contribution in [0.15, 0.2) is 0 Å². The number of ether oxygens (including phenoxy) is 2. The molecule has 0 aromatic carbocycles. The van der Waals surface area contributed by atoms with E-state index < -0.39 is 35.6 Å². The van der Waals surface area contributed by atoms with Crippen LogP contribution in [0.5, 0.6) is 0 Å². The highest BCUT2D eigenvalue weighted by Crippen LogP contribution is 2.47. The van der Waals surface area contributed by atoms with Gasteiger partial charge < -0.3 is 20.1 Å². The quantitative estimate of drug-likeness (QED) is 0.230. The fourth-order valence-electron chi connectivity index (χ4n) is 6.11. The van der Waals surface area contributed by atoms with Crippen molar-refractivity contribution in [3.8, 4) is 0 Å². The molecule has 8 nitrogen and oxygen atoms in total. The number of esters is 2. The highest BCUT2D eigenvalue weighted by Gasteiger charge is 2.67. The monoisotopic (exact) mass is 688 g/mol. The molecule has 0 radical (unpaired) electrons. The molecule has 2 aromatic rings. The molecule has 0 fully saturated rings. The van der Waals surface area contributed by atoms with Gasteiger partial charge in [-0.05, 0) is 72.3 Å². The number of anilines is 2. The zero-order chi connectivity index (χ0) is 34.6. The molecule has 4 rings (SSSR count). The van der Waals surface area contributed by atoms with Crippen LogP contribution in [0.3, 0.4) is 0 Å². The van der Waals surface area contributed by atoms with Crippen LogP contribution in [0.1, 0.15) is 96.0 Å². The summed E-state index contributed by atoms with van der Waals surface area (Å²) in [5.41, 5.74) is 0.530. The third-order valence-electron chi connectivity index (χ3n) is 9.18. The van der Waals surface area contributed by atoms with Crippen LogP contribution in [-0.4, -0.2) is 49.8 Å². The van der Waals surface area contributed by atoms with Crippen LogP contribution < -0.4 is 10.6 Å². The van der Waals surface area contributed by atoms with Crippen molar-refractivity contribution < 1.29 is 46.2 Å². The fraction of sp³-hybridized carbons (Fsp3) is 0.625. The average molecular weight is 689 g/mol. The average Bonchev–Trinajstić information content (AvgIpc) is 3.51. The van der Waals surface area contributed by atoms with Gasteiger partial charge in [-0.1, -0.05) is 41.5 Å². The molecule has 0 aliphatic heterocycles. The van der Waals surface area contributed by atoms with E-state index in [1.165, 1.54) is 0 Å². The molecule has 0 saturated carbocycles. The van der Waals surface area contributed by atoms with E-state index in [4.69, 9.17) is 9.47 Å². The van der Waals surface area contributed by atoms with Crippen molar-refractivity contribution in [1.82, 2.24) is 0 Å². The Kier molecular flexibility index (Phi) is 9.78. The molecule has 2 aromatic heterocycles. The van der Waals surface area contributed by atoms with Crippen molar-refractivity contribution in [2.75, 3.05) is 24.9 Å². The van der Waals surface area contributed by atoms with Gasteiger partial charge in [-0.3, -0.25) is 9.59 Å². The molecule has 14 heteroatoms. The molecule has 2 unspecified atom stereocenters. The second-order valence-corrected chi connectivity index (χ2v) is 16.3. The maximum Gasteiger partial charge on any atom is 0.396 e. The number of fused-ring (bicyclic) bond motifs is 2. The number of amides is 2. The number of methoxy groups -OCH3 is 2. The number of hydrogen-bond acceptors (Lipinski definition) is 8. The molecule has 46 heavy (non-hydrogen) atoms. The molecule has 0 spiro atoms. The number of carbonyl (C=O) groups is 4. The van der Waals surface area contributed by atoms with Crippen LogP contribution in [0, 0.1) is 22.7 Å². The molecular formula is C32H40F4N2O6S2. The molecule has 2 aliphatic carbocycles. The summed E-state index contributed by atoms with van der Waals surface area (Å²) in [6.07, 6.45) is 3.20. The molecule has 2 amide bonds. The Morgan fingerprint density at radius 1 is 0.652 bits per heavy atom. The van der Waals surface area contributed by atoms with Crippen molar-refractivity contribution in [3.63, 3.8) is 0 Å². The van der Waals surface area contributed by atoms with Crippen molar-refractivity contribution in [2.24, 2.45) is 22.7 Å². The van der Waals surface area contributed by atoms with Gasteiger partial charge in [0.05, 0.1) is 25.3 Å². The van der Waals surface area contributed by atoms with E-state index >= 15 is 17.6 Å². The van der Waals surface area contributed by atoms with E-state index in [1.54, 1.807) is 10.6 Å². The van der Waals surface area contributed by atoms with Crippen molar-refractivity contribution in [3.05, 3.63) is 32.0 Å². The molecule has 0 saturated heterocycles. The summed E-state index contributed by atoms with van der Waals surface area (Å²) >= 11 is 1.71. The third-order valence-corrected chi connectivity index (χ3v) is 11.5. The molecular weight excluding hydrogens is 648 g/mol. The fourth-order valence-corrected chi connectivity index (χ4v) is 8.73. The first-order chi connectivity index (χ1) is 21.1. The standard InChI is InChI=1S/C32H40F4N2O6S2/c1-29(2,3)15-9-11-17-19(13-15)45-23(21(17)25(39)43-7)37-27(41)31(33,34)32(35,36)28(42)38-24-22(26(40)44-8)18-12-10-16(30(4,5)6)14-20(18)46-24/h15-16H,9-14H2,1-8H3,(H,37,41)(H,38,42). The lowest BCUT2D eigenvalue weighted by Gasteiger charge is -2.33. The van der Waals surface area contributed by atoms with Gasteiger partial charge in [0, 0.05) is 9.75 Å². The van der Waals surface area contributed by atoms with Crippen LogP contribution in [0.2, 0.25) is 0 Å². The van der Waals surface area contributed by atoms with Crippen molar-refractivity contribution in [2.45, 2.75) is 91.9 Å². The van der Waals surface area contributed by atoms with Gasteiger partial charge in [-0.15, -0.1) is 22.7 Å². The smallest absolute Gasteiger partial charge is 0.396 e. The second-order valence-electron chi connectivity index (χ2n) is 14.1. The van der Waals surface area contributed by atoms with Gasteiger partial charge in [0.25, 0.3) is 0 Å². The van der Waals surface area contributed by atoms with Gasteiger partial charge in [-0.25, -0.2) is 9.59 Å². The van der Waals surface area contributed by atoms with E-state index in [1.807, 2.05) is 0 Å². The normalized spacial score (nSPS) is 18.7. The van der Waals surface area contributed by atoms with Crippen LogP contribution in [-0.2, 0) is 44.7 Å². The summed E-state index contributed by atoms with van der Waals surface area (Å²) in [6.45, 7) is 12.3. The Hall–Kier alpha value is -3.00. The van der Waals surface area contributed by atoms with Gasteiger partial charge in [-0.2, -0.15) is 17.6 Å². The van der Waals surface area contributed by atoms with Gasteiger partial charge in [0.15, 0.2) is 0 Å². The number of carbonyl (C=O) groups excluding carboxylic acids is 4. The molecule has 254 valence electrons. The maximum atomic E-state index is 15.3. The number of rotatable bonds is 7. The van der Waals surface area contributed by atoms with Gasteiger partial charge in [0.1, 0.15) is 10.0 Å². The first kappa shape index (κ1) is 35.8. The molecule has 2 heterocycles. The molecule has 0 bridgehead atoms. The Labute approximate surface area is 273 Å². The number of halogens is 4. The van der Waals surface area contributed by atoms with E-state index in [0.717, 1.165) is 36.9 Å². The SMILES string of the molecule is COC(=O)c1c(NC(=O)C(F)(F)C(F)(F)C(=O)Nc2sc3c(c2C(=O)OC)CCC(C(C)(C)C)C3)sc2c1CCC(C(C)(C)C)C2. The summed E-state index contributed by atoms with van der Waals surface area (Å²) in [5.74, 6) is -17.4. The van der Waals surface area contributed by atoms with Crippen molar-refractivity contribution >= 4 is 56.4 Å². The highest BCUT2D eigenvalue weighted by atomic mass is 32.1. The minimum atomic E-state index is -5.54. The van der Waals surface area contributed by atoms with E-state index in [0.29, 0.717) is 59.4 Å². The lowest BCUT2D eigenvalue weighted by molar-refractivity contribution is -0.204. The summed E-state index contributed by atoms with van der Waals surface area (Å²) in [5, 5.41) is 2.90. The lowest BCUT2D eigenvalue weighted by atomic mass is 9.72. The highest BCUT2D eigenvalue weighted by molar-refractivity contribution is 7.17. The van der Waals surface area contributed by atoms with Crippen LogP contribution in [0.25, 0.3) is 0 Å². The number of nitrogens with one attached hydrogen (secondary N) is 2. The maximum absolute atomic E-state index is 15.3. The summed E-state index contributed by atoms with van der Waals surface area (Å²) in [7, 11) is 2.17. The summed E-state index contributed by atoms with van der Waals surface area (Å²) in [6, 6.07) is 0. The van der Waals surface area contributed by atoms with E-state index in [9.17, 15) is 19.2 Å². The minimum Gasteiger partial charge on any atom is -0.465 e. The molecule has 2 aliphatic rings. The summed E-state index contributed by atoms with van der Waals surface area (Å²) < 4.78 is 70.7.